The molecule has 1 N–H and O–H groups in total. The fourth-order valence-electron chi connectivity index (χ4n) is 2.63. The fourth-order valence-corrected chi connectivity index (χ4v) is 3.58. The third-order valence-corrected chi connectivity index (χ3v) is 5.11. The molecular formula is C21H23BrCl2N2O3. The monoisotopic (exact) mass is 500 g/mol. The number of ether oxygens (including phenoxy) is 1. The molecule has 2 aromatic carbocycles. The average molecular weight is 502 g/mol. The summed E-state index contributed by atoms with van der Waals surface area (Å²) in [5.74, 6) is -0.183. The number of halogens is 3. The average Bonchev–Trinajstić information content (AvgIpc) is 2.64. The van der Waals surface area contributed by atoms with Crippen LogP contribution in [0.25, 0.3) is 0 Å². The third-order valence-electron chi connectivity index (χ3n) is 4.09. The standard InChI is InChI=1S/C21H23BrCl2N2O3/c1-13(2)25-21(28)14(3)26(11-15-5-4-6-17(23)9-15)20(27)12-29-19-8-7-16(22)10-18(19)24/h4-10,13-14H,11-12H2,1-3H3,(H,25,28). The molecule has 2 rings (SSSR count). The highest BCUT2D eigenvalue weighted by Gasteiger charge is 2.27. The summed E-state index contributed by atoms with van der Waals surface area (Å²) in [6.45, 7) is 5.40. The van der Waals surface area contributed by atoms with Crippen LogP contribution in [0.1, 0.15) is 26.3 Å². The first-order chi connectivity index (χ1) is 13.7. The van der Waals surface area contributed by atoms with E-state index in [4.69, 9.17) is 27.9 Å². The van der Waals surface area contributed by atoms with Gasteiger partial charge in [0.1, 0.15) is 11.8 Å². The molecule has 0 heterocycles. The highest BCUT2D eigenvalue weighted by molar-refractivity contribution is 9.10. The van der Waals surface area contributed by atoms with Crippen LogP contribution in [-0.4, -0.2) is 35.4 Å². The molecular weight excluding hydrogens is 479 g/mol. The Labute approximate surface area is 189 Å². The van der Waals surface area contributed by atoms with Crippen molar-refractivity contribution < 1.29 is 14.3 Å². The minimum atomic E-state index is -0.687. The van der Waals surface area contributed by atoms with Gasteiger partial charge in [-0.1, -0.05) is 51.3 Å². The van der Waals surface area contributed by atoms with Crippen molar-refractivity contribution in [2.75, 3.05) is 6.61 Å². The lowest BCUT2D eigenvalue weighted by molar-refractivity contribution is -0.142. The molecule has 156 valence electrons. The molecule has 0 spiro atoms. The van der Waals surface area contributed by atoms with E-state index in [9.17, 15) is 9.59 Å². The van der Waals surface area contributed by atoms with E-state index in [0.29, 0.717) is 15.8 Å². The number of benzene rings is 2. The number of carbonyl (C=O) groups excluding carboxylic acids is 2. The second-order valence-electron chi connectivity index (χ2n) is 6.85. The van der Waals surface area contributed by atoms with Gasteiger partial charge in [-0.15, -0.1) is 0 Å². The van der Waals surface area contributed by atoms with Crippen molar-refractivity contribution >= 4 is 50.9 Å². The van der Waals surface area contributed by atoms with Crippen molar-refractivity contribution in [3.8, 4) is 5.75 Å². The predicted molar refractivity (Wildman–Crippen MR) is 119 cm³/mol. The van der Waals surface area contributed by atoms with Gasteiger partial charge in [0.25, 0.3) is 5.91 Å². The summed E-state index contributed by atoms with van der Waals surface area (Å²) >= 11 is 15.5. The van der Waals surface area contributed by atoms with E-state index in [0.717, 1.165) is 10.0 Å². The van der Waals surface area contributed by atoms with E-state index in [2.05, 4.69) is 21.2 Å². The van der Waals surface area contributed by atoms with Crippen LogP contribution in [0.2, 0.25) is 10.0 Å². The molecule has 0 radical (unpaired) electrons. The normalized spacial score (nSPS) is 11.8. The number of nitrogens with zero attached hydrogens (tertiary/aromatic N) is 1. The van der Waals surface area contributed by atoms with Gasteiger partial charge in [0.15, 0.2) is 6.61 Å². The lowest BCUT2D eigenvalue weighted by atomic mass is 10.1. The number of hydrogen-bond donors (Lipinski definition) is 1. The van der Waals surface area contributed by atoms with Gasteiger partial charge in [-0.2, -0.15) is 0 Å². The first-order valence-corrected chi connectivity index (χ1v) is 10.6. The largest absolute Gasteiger partial charge is 0.482 e. The smallest absolute Gasteiger partial charge is 0.261 e. The second kappa shape index (κ2) is 10.9. The van der Waals surface area contributed by atoms with Crippen LogP contribution in [-0.2, 0) is 16.1 Å². The zero-order chi connectivity index (χ0) is 21.6. The van der Waals surface area contributed by atoms with Crippen LogP contribution in [0.5, 0.6) is 5.75 Å². The summed E-state index contributed by atoms with van der Waals surface area (Å²) in [7, 11) is 0. The van der Waals surface area contributed by atoms with Crippen molar-refractivity contribution in [1.29, 1.82) is 0 Å². The Bertz CT molecular complexity index is 877. The first kappa shape index (κ1) is 23.5. The second-order valence-corrected chi connectivity index (χ2v) is 8.61. The first-order valence-electron chi connectivity index (χ1n) is 9.09. The van der Waals surface area contributed by atoms with Gasteiger partial charge in [0.2, 0.25) is 5.91 Å². The number of hydrogen-bond acceptors (Lipinski definition) is 3. The summed E-state index contributed by atoms with van der Waals surface area (Å²) in [5, 5.41) is 3.79. The van der Waals surface area contributed by atoms with Crippen LogP contribution in [0.3, 0.4) is 0 Å². The van der Waals surface area contributed by atoms with Gasteiger partial charge in [0, 0.05) is 22.1 Å². The highest BCUT2D eigenvalue weighted by atomic mass is 79.9. The van der Waals surface area contributed by atoms with Crippen molar-refractivity contribution in [2.45, 2.75) is 39.4 Å². The topological polar surface area (TPSA) is 58.6 Å². The number of nitrogens with one attached hydrogen (secondary N) is 1. The Kier molecular flexibility index (Phi) is 8.80. The van der Waals surface area contributed by atoms with E-state index in [1.165, 1.54) is 4.90 Å². The van der Waals surface area contributed by atoms with Gasteiger partial charge in [-0.05, 0) is 56.7 Å². The SMILES string of the molecule is CC(C)NC(=O)C(C)N(Cc1cccc(Cl)c1)C(=O)COc1ccc(Br)cc1Cl. The summed E-state index contributed by atoms with van der Waals surface area (Å²) in [6.07, 6.45) is 0. The molecule has 2 amide bonds. The molecule has 1 atom stereocenters. The van der Waals surface area contributed by atoms with Crippen molar-refractivity contribution in [2.24, 2.45) is 0 Å². The Morgan fingerprint density at radius 2 is 1.86 bits per heavy atom. The van der Waals surface area contributed by atoms with E-state index in [1.54, 1.807) is 43.3 Å². The molecule has 5 nitrogen and oxygen atoms in total. The van der Waals surface area contributed by atoms with Crippen LogP contribution in [0, 0.1) is 0 Å². The number of amides is 2. The quantitative estimate of drug-likeness (QED) is 0.548. The lowest BCUT2D eigenvalue weighted by Crippen LogP contribution is -2.50. The van der Waals surface area contributed by atoms with Gasteiger partial charge in [-0.3, -0.25) is 9.59 Å². The Balaban J connectivity index is 2.17. The molecule has 1 unspecified atom stereocenters. The lowest BCUT2D eigenvalue weighted by Gasteiger charge is -2.29. The molecule has 29 heavy (non-hydrogen) atoms. The molecule has 0 aliphatic rings. The maximum Gasteiger partial charge on any atom is 0.261 e. The zero-order valence-electron chi connectivity index (χ0n) is 16.4. The van der Waals surface area contributed by atoms with Crippen LogP contribution in [0.4, 0.5) is 0 Å². The number of carbonyl (C=O) groups is 2. The minimum absolute atomic E-state index is 0.0362. The highest BCUT2D eigenvalue weighted by Crippen LogP contribution is 2.27. The maximum absolute atomic E-state index is 13.0. The molecule has 8 heteroatoms. The fraction of sp³-hybridized carbons (Fsp3) is 0.333. The Hall–Kier alpha value is -1.76. The summed E-state index contributed by atoms with van der Waals surface area (Å²) in [5.41, 5.74) is 0.816. The van der Waals surface area contributed by atoms with Gasteiger partial charge >= 0.3 is 0 Å². The van der Waals surface area contributed by atoms with Gasteiger partial charge < -0.3 is 15.0 Å². The molecule has 0 aromatic heterocycles. The summed E-state index contributed by atoms with van der Waals surface area (Å²) in [4.78, 5) is 26.9. The molecule has 0 saturated heterocycles. The van der Waals surface area contributed by atoms with Crippen LogP contribution >= 0.6 is 39.1 Å². The van der Waals surface area contributed by atoms with Crippen molar-refractivity contribution in [3.63, 3.8) is 0 Å². The molecule has 0 aliphatic heterocycles. The molecule has 0 saturated carbocycles. The summed E-state index contributed by atoms with van der Waals surface area (Å²) < 4.78 is 6.41. The van der Waals surface area contributed by atoms with Crippen LogP contribution in [0.15, 0.2) is 46.9 Å². The van der Waals surface area contributed by atoms with Gasteiger partial charge in [-0.25, -0.2) is 0 Å². The van der Waals surface area contributed by atoms with Crippen LogP contribution < -0.4 is 10.1 Å². The van der Waals surface area contributed by atoms with E-state index < -0.39 is 6.04 Å². The Morgan fingerprint density at radius 3 is 2.48 bits per heavy atom. The third kappa shape index (κ3) is 7.21. The maximum atomic E-state index is 13.0. The van der Waals surface area contributed by atoms with E-state index in [-0.39, 0.29) is 31.0 Å². The summed E-state index contributed by atoms with van der Waals surface area (Å²) in [6, 6.07) is 11.6. The van der Waals surface area contributed by atoms with Gasteiger partial charge in [0.05, 0.1) is 5.02 Å². The minimum Gasteiger partial charge on any atom is -0.482 e. The molecule has 0 bridgehead atoms. The number of rotatable bonds is 8. The molecule has 0 aliphatic carbocycles. The van der Waals surface area contributed by atoms with E-state index in [1.807, 2.05) is 19.9 Å². The zero-order valence-corrected chi connectivity index (χ0v) is 19.5. The van der Waals surface area contributed by atoms with Crippen molar-refractivity contribution in [3.05, 3.63) is 62.5 Å². The van der Waals surface area contributed by atoms with E-state index >= 15 is 0 Å². The van der Waals surface area contributed by atoms with Crippen molar-refractivity contribution in [1.82, 2.24) is 10.2 Å². The predicted octanol–water partition coefficient (Wildman–Crippen LogP) is 5.08. The molecule has 2 aromatic rings. The Morgan fingerprint density at radius 1 is 1.14 bits per heavy atom. The molecule has 0 fully saturated rings.